The minimum atomic E-state index is -0.648. The number of hydrogen-bond donors (Lipinski definition) is 1. The fraction of sp³-hybridized carbons (Fsp3) is 0.750. The predicted octanol–water partition coefficient (Wildman–Crippen LogP) is 0.187. The largest absolute Gasteiger partial charge is 0.355 e. The van der Waals surface area contributed by atoms with E-state index < -0.39 is 10.8 Å². The zero-order valence-electron chi connectivity index (χ0n) is 11.3. The van der Waals surface area contributed by atoms with Gasteiger partial charge in [0.1, 0.15) is 5.82 Å². The Labute approximate surface area is 111 Å². The molecule has 0 bridgehead atoms. The first-order valence-corrected chi connectivity index (χ1v) is 7.86. The van der Waals surface area contributed by atoms with E-state index >= 15 is 0 Å². The van der Waals surface area contributed by atoms with Gasteiger partial charge in [-0.05, 0) is 20.3 Å². The lowest BCUT2D eigenvalue weighted by atomic mass is 10.1. The molecule has 2 rings (SSSR count). The van der Waals surface area contributed by atoms with Crippen molar-refractivity contribution in [2.45, 2.75) is 26.3 Å². The third kappa shape index (κ3) is 2.75. The fourth-order valence-electron chi connectivity index (χ4n) is 2.50. The number of aromatic nitrogens is 2. The first-order chi connectivity index (χ1) is 8.49. The summed E-state index contributed by atoms with van der Waals surface area (Å²) in [5.41, 5.74) is 8.21. The van der Waals surface area contributed by atoms with E-state index in [0.717, 1.165) is 42.5 Å². The Morgan fingerprint density at radius 1 is 1.44 bits per heavy atom. The van der Waals surface area contributed by atoms with Crippen LogP contribution in [0, 0.1) is 6.92 Å². The van der Waals surface area contributed by atoms with E-state index in [-0.39, 0.29) is 6.04 Å². The molecule has 18 heavy (non-hydrogen) atoms. The second-order valence-corrected chi connectivity index (χ2v) is 6.72. The van der Waals surface area contributed by atoms with Crippen LogP contribution in [0.2, 0.25) is 0 Å². The molecule has 0 spiro atoms. The van der Waals surface area contributed by atoms with Gasteiger partial charge in [0.05, 0.1) is 5.69 Å². The van der Waals surface area contributed by atoms with E-state index in [0.29, 0.717) is 0 Å². The minimum Gasteiger partial charge on any atom is -0.355 e. The van der Waals surface area contributed by atoms with Gasteiger partial charge >= 0.3 is 0 Å². The van der Waals surface area contributed by atoms with E-state index in [2.05, 4.69) is 10.00 Å². The number of rotatable bonds is 3. The Hall–Kier alpha value is -0.880. The number of hydrogen-bond acceptors (Lipinski definition) is 4. The van der Waals surface area contributed by atoms with Crippen LogP contribution in [0.4, 0.5) is 5.82 Å². The molecule has 6 heteroatoms. The molecule has 0 aromatic carbocycles. The maximum Gasteiger partial charge on any atom is 0.130 e. The SMILES string of the molecule is Cc1nn(C)c(N2CCS(=O)CC2)c1CC(C)N. The van der Waals surface area contributed by atoms with Crippen molar-refractivity contribution in [1.82, 2.24) is 9.78 Å². The van der Waals surface area contributed by atoms with Gasteiger partial charge in [0.2, 0.25) is 0 Å². The zero-order valence-corrected chi connectivity index (χ0v) is 12.2. The number of aryl methyl sites for hydroxylation is 2. The summed E-state index contributed by atoms with van der Waals surface area (Å²) in [5, 5.41) is 4.50. The lowest BCUT2D eigenvalue weighted by Crippen LogP contribution is -2.39. The van der Waals surface area contributed by atoms with E-state index in [4.69, 9.17) is 5.73 Å². The maximum atomic E-state index is 11.4. The summed E-state index contributed by atoms with van der Waals surface area (Å²) in [4.78, 5) is 2.29. The molecule has 1 aromatic heterocycles. The fourth-order valence-corrected chi connectivity index (χ4v) is 3.55. The van der Waals surface area contributed by atoms with E-state index in [1.807, 2.05) is 25.6 Å². The molecule has 1 fully saturated rings. The molecule has 1 saturated heterocycles. The molecule has 2 N–H and O–H groups in total. The van der Waals surface area contributed by atoms with Crippen LogP contribution in [0.25, 0.3) is 0 Å². The van der Waals surface area contributed by atoms with Crippen molar-refractivity contribution in [3.05, 3.63) is 11.3 Å². The van der Waals surface area contributed by atoms with Crippen LogP contribution >= 0.6 is 0 Å². The summed E-state index contributed by atoms with van der Waals surface area (Å²) in [6, 6.07) is 0.130. The van der Waals surface area contributed by atoms with E-state index in [1.54, 1.807) is 0 Å². The van der Waals surface area contributed by atoms with Gasteiger partial charge in [-0.15, -0.1) is 0 Å². The maximum absolute atomic E-state index is 11.4. The van der Waals surface area contributed by atoms with Gasteiger partial charge in [-0.25, -0.2) is 0 Å². The molecule has 2 heterocycles. The predicted molar refractivity (Wildman–Crippen MR) is 75.4 cm³/mol. The molecule has 0 saturated carbocycles. The summed E-state index contributed by atoms with van der Waals surface area (Å²) in [6.07, 6.45) is 0.842. The van der Waals surface area contributed by atoms with Gasteiger partial charge in [0, 0.05) is 54.0 Å². The third-order valence-corrected chi connectivity index (χ3v) is 4.59. The van der Waals surface area contributed by atoms with Crippen molar-refractivity contribution in [3.8, 4) is 0 Å². The molecule has 5 nitrogen and oxygen atoms in total. The Morgan fingerprint density at radius 3 is 2.61 bits per heavy atom. The number of anilines is 1. The molecule has 1 aliphatic rings. The van der Waals surface area contributed by atoms with Gasteiger partial charge in [-0.2, -0.15) is 5.10 Å². The van der Waals surface area contributed by atoms with Crippen LogP contribution in [0.3, 0.4) is 0 Å². The molecule has 1 atom stereocenters. The lowest BCUT2D eigenvalue weighted by molar-refractivity contribution is 0.663. The monoisotopic (exact) mass is 270 g/mol. The first kappa shape index (κ1) is 13.5. The quantitative estimate of drug-likeness (QED) is 0.851. The minimum absolute atomic E-state index is 0.130. The Morgan fingerprint density at radius 2 is 2.06 bits per heavy atom. The van der Waals surface area contributed by atoms with Crippen LogP contribution < -0.4 is 10.6 Å². The second-order valence-electron chi connectivity index (χ2n) is 5.03. The molecule has 1 aromatic rings. The van der Waals surface area contributed by atoms with Crippen molar-refractivity contribution in [3.63, 3.8) is 0 Å². The van der Waals surface area contributed by atoms with Gasteiger partial charge in [-0.1, -0.05) is 0 Å². The van der Waals surface area contributed by atoms with Gasteiger partial charge in [0.25, 0.3) is 0 Å². The standard InChI is InChI=1S/C12H22N4OS/c1-9(13)8-11-10(2)14-15(3)12(11)16-4-6-18(17)7-5-16/h9H,4-8,13H2,1-3H3. The first-order valence-electron chi connectivity index (χ1n) is 6.37. The molecule has 0 radical (unpaired) electrons. The highest BCUT2D eigenvalue weighted by Crippen LogP contribution is 2.25. The number of nitrogens with zero attached hydrogens (tertiary/aromatic N) is 3. The normalized spacial score (nSPS) is 19.2. The van der Waals surface area contributed by atoms with Crippen molar-refractivity contribution >= 4 is 16.6 Å². The topological polar surface area (TPSA) is 64.2 Å². The van der Waals surface area contributed by atoms with Gasteiger partial charge in [0.15, 0.2) is 0 Å². The van der Waals surface area contributed by atoms with E-state index in [1.165, 1.54) is 5.56 Å². The van der Waals surface area contributed by atoms with Gasteiger partial charge < -0.3 is 10.6 Å². The van der Waals surface area contributed by atoms with Crippen molar-refractivity contribution < 1.29 is 4.21 Å². The molecule has 0 aliphatic carbocycles. The summed E-state index contributed by atoms with van der Waals surface area (Å²) >= 11 is 0. The molecule has 1 aliphatic heterocycles. The van der Waals surface area contributed by atoms with Crippen LogP contribution in [-0.4, -0.2) is 44.6 Å². The Balaban J connectivity index is 2.28. The van der Waals surface area contributed by atoms with Crippen molar-refractivity contribution in [2.75, 3.05) is 29.5 Å². The van der Waals surface area contributed by atoms with Crippen LogP contribution in [-0.2, 0) is 24.3 Å². The Kier molecular flexibility index (Phi) is 4.07. The average molecular weight is 270 g/mol. The highest BCUT2D eigenvalue weighted by molar-refractivity contribution is 7.85. The molecule has 102 valence electrons. The molecule has 1 unspecified atom stereocenters. The van der Waals surface area contributed by atoms with Crippen LogP contribution in [0.1, 0.15) is 18.2 Å². The van der Waals surface area contributed by atoms with Gasteiger partial charge in [-0.3, -0.25) is 8.89 Å². The second kappa shape index (κ2) is 5.40. The van der Waals surface area contributed by atoms with Crippen LogP contribution in [0.15, 0.2) is 0 Å². The summed E-state index contributed by atoms with van der Waals surface area (Å²) in [6.45, 7) is 5.74. The molecular weight excluding hydrogens is 248 g/mol. The summed E-state index contributed by atoms with van der Waals surface area (Å²) in [5.74, 6) is 2.66. The Bertz CT molecular complexity index is 445. The smallest absolute Gasteiger partial charge is 0.130 e. The summed E-state index contributed by atoms with van der Waals surface area (Å²) in [7, 11) is 1.32. The van der Waals surface area contributed by atoms with E-state index in [9.17, 15) is 4.21 Å². The highest BCUT2D eigenvalue weighted by Gasteiger charge is 2.23. The number of nitrogens with two attached hydrogens (primary N) is 1. The third-order valence-electron chi connectivity index (χ3n) is 3.32. The molecule has 0 amide bonds. The zero-order chi connectivity index (χ0) is 13.3. The van der Waals surface area contributed by atoms with Crippen LogP contribution in [0.5, 0.6) is 0 Å². The highest BCUT2D eigenvalue weighted by atomic mass is 32.2. The van der Waals surface area contributed by atoms with Crippen molar-refractivity contribution in [1.29, 1.82) is 0 Å². The summed E-state index contributed by atoms with van der Waals surface area (Å²) < 4.78 is 13.4. The lowest BCUT2D eigenvalue weighted by Gasteiger charge is -2.29. The average Bonchev–Trinajstić information content (AvgIpc) is 2.55. The molecular formula is C12H22N4OS. The van der Waals surface area contributed by atoms with Crippen molar-refractivity contribution in [2.24, 2.45) is 12.8 Å².